The molecule has 1 aliphatic carbocycles. The smallest absolute Gasteiger partial charge is 0.305 e. The van der Waals surface area contributed by atoms with Crippen LogP contribution in [-0.2, 0) is 14.3 Å². The molecule has 1 N–H and O–H groups in total. The first-order chi connectivity index (χ1) is 9.60. The number of hydrogen-bond donors (Lipinski definition) is 1. The second-order valence-electron chi connectivity index (χ2n) is 6.10. The van der Waals surface area contributed by atoms with E-state index in [1.165, 1.54) is 19.3 Å². The van der Waals surface area contributed by atoms with Gasteiger partial charge in [-0.15, -0.1) is 0 Å². The quantitative estimate of drug-likeness (QED) is 0.838. The summed E-state index contributed by atoms with van der Waals surface area (Å²) in [6.07, 6.45) is 7.21. The maximum atomic E-state index is 12.4. The number of hydrogen-bond acceptors (Lipinski definition) is 3. The molecule has 1 saturated heterocycles. The Labute approximate surface area is 120 Å². The average Bonchev–Trinajstić information content (AvgIpc) is 2.82. The molecule has 1 amide bonds. The number of carbonyl (C=O) groups excluding carboxylic acids is 1. The lowest BCUT2D eigenvalue weighted by atomic mass is 9.86. The number of ether oxygens (including phenoxy) is 1. The Bertz CT molecular complexity index is 352. The molecule has 2 fully saturated rings. The lowest BCUT2D eigenvalue weighted by Gasteiger charge is -2.27. The summed E-state index contributed by atoms with van der Waals surface area (Å²) in [6.45, 7) is 0.542. The van der Waals surface area contributed by atoms with E-state index >= 15 is 0 Å². The van der Waals surface area contributed by atoms with E-state index in [2.05, 4.69) is 0 Å². The minimum atomic E-state index is -0.845. The molecule has 2 unspecified atom stereocenters. The summed E-state index contributed by atoms with van der Waals surface area (Å²) in [7, 11) is 1.62. The van der Waals surface area contributed by atoms with Gasteiger partial charge in [-0.25, -0.2) is 0 Å². The minimum Gasteiger partial charge on any atom is -0.481 e. The molecule has 0 spiro atoms. The summed E-state index contributed by atoms with van der Waals surface area (Å²) < 4.78 is 5.31. The van der Waals surface area contributed by atoms with Crippen molar-refractivity contribution in [3.8, 4) is 0 Å². The van der Waals surface area contributed by atoms with E-state index in [4.69, 9.17) is 9.84 Å². The number of carboxylic acid groups (broad SMARTS) is 1. The van der Waals surface area contributed by atoms with E-state index in [9.17, 15) is 9.59 Å². The molecule has 5 heteroatoms. The summed E-state index contributed by atoms with van der Waals surface area (Å²) in [6, 6.07) is -0.200. The Hall–Kier alpha value is -1.10. The van der Waals surface area contributed by atoms with Crippen molar-refractivity contribution in [1.82, 2.24) is 4.90 Å². The van der Waals surface area contributed by atoms with E-state index in [1.54, 1.807) is 12.0 Å². The molecule has 2 rings (SSSR count). The number of carbonyl (C=O) groups is 2. The molecule has 20 heavy (non-hydrogen) atoms. The second kappa shape index (κ2) is 7.07. The molecule has 0 aromatic carbocycles. The Balaban J connectivity index is 1.92. The first-order valence-corrected chi connectivity index (χ1v) is 7.64. The van der Waals surface area contributed by atoms with Crippen LogP contribution in [0.3, 0.4) is 0 Å². The maximum absolute atomic E-state index is 12.4. The molecular formula is C15H25NO4. The largest absolute Gasteiger partial charge is 0.481 e. The third-order valence-corrected chi connectivity index (χ3v) is 4.63. The fourth-order valence-corrected chi connectivity index (χ4v) is 3.50. The van der Waals surface area contributed by atoms with Crippen LogP contribution in [0.15, 0.2) is 0 Å². The van der Waals surface area contributed by atoms with E-state index in [-0.39, 0.29) is 24.5 Å². The normalized spacial score (nSPS) is 27.8. The van der Waals surface area contributed by atoms with Crippen molar-refractivity contribution in [1.29, 1.82) is 0 Å². The molecule has 2 aliphatic rings. The summed E-state index contributed by atoms with van der Waals surface area (Å²) in [5, 5.41) is 8.98. The highest BCUT2D eigenvalue weighted by molar-refractivity contribution is 5.78. The van der Waals surface area contributed by atoms with Crippen molar-refractivity contribution < 1.29 is 19.4 Å². The van der Waals surface area contributed by atoms with Gasteiger partial charge in [-0.3, -0.25) is 9.59 Å². The zero-order valence-corrected chi connectivity index (χ0v) is 12.2. The fraction of sp³-hybridized carbons (Fsp3) is 0.867. The van der Waals surface area contributed by atoms with Crippen LogP contribution in [-0.4, -0.2) is 47.7 Å². The molecule has 1 heterocycles. The summed E-state index contributed by atoms with van der Waals surface area (Å²) in [4.78, 5) is 25.1. The zero-order chi connectivity index (χ0) is 14.5. The van der Waals surface area contributed by atoms with Gasteiger partial charge in [0.1, 0.15) is 0 Å². The summed E-state index contributed by atoms with van der Waals surface area (Å²) in [5.74, 6) is -0.242. The highest BCUT2D eigenvalue weighted by atomic mass is 16.5. The van der Waals surface area contributed by atoms with Gasteiger partial charge in [0.05, 0.1) is 12.5 Å². The molecule has 0 aromatic heterocycles. The minimum absolute atomic E-state index is 0.0188. The Morgan fingerprint density at radius 1 is 1.20 bits per heavy atom. The molecule has 5 nitrogen and oxygen atoms in total. The summed E-state index contributed by atoms with van der Waals surface area (Å²) in [5.41, 5.74) is 0. The standard InChI is InChI=1S/C15H25NO4/c1-20-13-8-12(9-15(18)19)16(10-13)14(17)7-11-5-3-2-4-6-11/h11-13H,2-10H2,1H3,(H,18,19). The lowest BCUT2D eigenvalue weighted by molar-refractivity contribution is -0.140. The predicted octanol–water partition coefficient (Wildman–Crippen LogP) is 2.05. The van der Waals surface area contributed by atoms with E-state index in [1.807, 2.05) is 0 Å². The Morgan fingerprint density at radius 2 is 1.90 bits per heavy atom. The SMILES string of the molecule is COC1CC(CC(=O)O)N(C(=O)CC2CCCCC2)C1. The Kier molecular flexibility index (Phi) is 5.40. The maximum Gasteiger partial charge on any atom is 0.305 e. The van der Waals surface area contributed by atoms with E-state index < -0.39 is 5.97 Å². The predicted molar refractivity (Wildman–Crippen MR) is 74.4 cm³/mol. The van der Waals surface area contributed by atoms with Gasteiger partial charge < -0.3 is 14.7 Å². The lowest BCUT2D eigenvalue weighted by Crippen LogP contribution is -2.38. The topological polar surface area (TPSA) is 66.8 Å². The van der Waals surface area contributed by atoms with Gasteiger partial charge in [-0.1, -0.05) is 19.3 Å². The zero-order valence-electron chi connectivity index (χ0n) is 12.2. The van der Waals surface area contributed by atoms with Gasteiger partial charge in [0, 0.05) is 26.1 Å². The number of carboxylic acids is 1. The van der Waals surface area contributed by atoms with Gasteiger partial charge in [0.25, 0.3) is 0 Å². The van der Waals surface area contributed by atoms with E-state index in [0.29, 0.717) is 25.3 Å². The third kappa shape index (κ3) is 3.95. The van der Waals surface area contributed by atoms with Crippen molar-refractivity contribution in [3.63, 3.8) is 0 Å². The molecular weight excluding hydrogens is 258 g/mol. The number of likely N-dealkylation sites (tertiary alicyclic amines) is 1. The van der Waals surface area contributed by atoms with Crippen LogP contribution in [0.1, 0.15) is 51.4 Å². The highest BCUT2D eigenvalue weighted by Crippen LogP contribution is 2.29. The van der Waals surface area contributed by atoms with E-state index in [0.717, 1.165) is 12.8 Å². The van der Waals surface area contributed by atoms with Gasteiger partial charge in [-0.05, 0) is 25.2 Å². The number of methoxy groups -OCH3 is 1. The fourth-order valence-electron chi connectivity index (χ4n) is 3.50. The van der Waals surface area contributed by atoms with Crippen molar-refractivity contribution in [2.24, 2.45) is 5.92 Å². The molecule has 2 atom stereocenters. The molecule has 0 bridgehead atoms. The van der Waals surface area contributed by atoms with Crippen molar-refractivity contribution in [2.45, 2.75) is 63.5 Å². The number of nitrogens with zero attached hydrogens (tertiary/aromatic N) is 1. The van der Waals surface area contributed by atoms with Crippen LogP contribution < -0.4 is 0 Å². The molecule has 114 valence electrons. The molecule has 0 aromatic rings. The van der Waals surface area contributed by atoms with Gasteiger partial charge in [0.2, 0.25) is 5.91 Å². The van der Waals surface area contributed by atoms with Gasteiger partial charge in [-0.2, -0.15) is 0 Å². The van der Waals surface area contributed by atoms with Gasteiger partial charge >= 0.3 is 5.97 Å². The van der Waals surface area contributed by atoms with Crippen molar-refractivity contribution in [2.75, 3.05) is 13.7 Å². The number of amides is 1. The molecule has 0 radical (unpaired) electrons. The van der Waals surface area contributed by atoms with Crippen LogP contribution in [0.2, 0.25) is 0 Å². The van der Waals surface area contributed by atoms with Crippen LogP contribution in [0.5, 0.6) is 0 Å². The summed E-state index contributed by atoms with van der Waals surface area (Å²) >= 11 is 0. The van der Waals surface area contributed by atoms with Crippen LogP contribution in [0.25, 0.3) is 0 Å². The molecule has 1 aliphatic heterocycles. The highest BCUT2D eigenvalue weighted by Gasteiger charge is 2.37. The third-order valence-electron chi connectivity index (χ3n) is 4.63. The second-order valence-corrected chi connectivity index (χ2v) is 6.10. The Morgan fingerprint density at radius 3 is 2.50 bits per heavy atom. The number of rotatable bonds is 5. The van der Waals surface area contributed by atoms with Crippen LogP contribution in [0, 0.1) is 5.92 Å². The monoisotopic (exact) mass is 283 g/mol. The van der Waals surface area contributed by atoms with Gasteiger partial charge in [0.15, 0.2) is 0 Å². The first-order valence-electron chi connectivity index (χ1n) is 7.64. The first kappa shape index (κ1) is 15.3. The average molecular weight is 283 g/mol. The molecule has 1 saturated carbocycles. The van der Waals surface area contributed by atoms with Crippen LogP contribution >= 0.6 is 0 Å². The van der Waals surface area contributed by atoms with Crippen molar-refractivity contribution in [3.05, 3.63) is 0 Å². The van der Waals surface area contributed by atoms with Crippen LogP contribution in [0.4, 0.5) is 0 Å². The van der Waals surface area contributed by atoms with Crippen molar-refractivity contribution >= 4 is 11.9 Å². The number of aliphatic carboxylic acids is 1.